The Balaban J connectivity index is 2.23. The molecule has 1 heterocycles. The molecule has 0 bridgehead atoms. The molecule has 0 radical (unpaired) electrons. The Hall–Kier alpha value is -1.19. The molecule has 2 aromatic rings. The smallest absolute Gasteiger partial charge is 0.0898 e. The Bertz CT molecular complexity index is 545. The zero-order valence-corrected chi connectivity index (χ0v) is 13.0. The van der Waals surface area contributed by atoms with Crippen molar-refractivity contribution >= 4 is 11.3 Å². The van der Waals surface area contributed by atoms with Crippen molar-refractivity contribution in [1.82, 2.24) is 10.3 Å². The minimum Gasteiger partial charge on any atom is -0.309 e. The van der Waals surface area contributed by atoms with E-state index in [0.717, 1.165) is 18.0 Å². The number of nitrogens with one attached hydrogen (secondary N) is 1. The van der Waals surface area contributed by atoms with E-state index in [-0.39, 0.29) is 0 Å². The number of aromatic nitrogens is 1. The second kappa shape index (κ2) is 6.31. The molecule has 0 amide bonds. The molecule has 0 spiro atoms. The maximum absolute atomic E-state index is 4.63. The van der Waals surface area contributed by atoms with Gasteiger partial charge in [0.05, 0.1) is 16.7 Å². The van der Waals surface area contributed by atoms with E-state index in [4.69, 9.17) is 0 Å². The molecule has 0 aliphatic carbocycles. The molecule has 2 nitrogen and oxygen atoms in total. The van der Waals surface area contributed by atoms with E-state index in [1.54, 1.807) is 11.3 Å². The summed E-state index contributed by atoms with van der Waals surface area (Å²) in [6.45, 7) is 9.51. The average Bonchev–Trinajstić information content (AvgIpc) is 2.80. The van der Waals surface area contributed by atoms with Gasteiger partial charge in [0.25, 0.3) is 0 Å². The number of benzene rings is 1. The molecule has 1 N–H and O–H groups in total. The van der Waals surface area contributed by atoms with Gasteiger partial charge in [0.15, 0.2) is 0 Å². The predicted octanol–water partition coefficient (Wildman–Crippen LogP) is 3.96. The van der Waals surface area contributed by atoms with Crippen molar-refractivity contribution in [1.29, 1.82) is 0 Å². The van der Waals surface area contributed by atoms with E-state index in [1.807, 2.05) is 0 Å². The lowest BCUT2D eigenvalue weighted by atomic mass is 9.98. The molecule has 1 atom stereocenters. The maximum atomic E-state index is 4.63. The van der Waals surface area contributed by atoms with E-state index < -0.39 is 0 Å². The number of thiazole rings is 1. The average molecular weight is 274 g/mol. The van der Waals surface area contributed by atoms with Crippen molar-refractivity contribution in [3.63, 3.8) is 0 Å². The quantitative estimate of drug-likeness (QED) is 0.892. The van der Waals surface area contributed by atoms with Crippen molar-refractivity contribution in [2.24, 2.45) is 0 Å². The molecule has 0 aliphatic heterocycles. The normalized spacial score (nSPS) is 12.6. The molecule has 102 valence electrons. The van der Waals surface area contributed by atoms with Gasteiger partial charge in [-0.2, -0.15) is 0 Å². The Morgan fingerprint density at radius 1 is 1.26 bits per heavy atom. The summed E-state index contributed by atoms with van der Waals surface area (Å²) in [7, 11) is 0. The van der Waals surface area contributed by atoms with Gasteiger partial charge >= 0.3 is 0 Å². The summed E-state index contributed by atoms with van der Waals surface area (Å²) in [5.74, 6) is 0. The standard InChI is InChI=1S/C16H22N2S/c1-5-17-15(16-10-19-13(4)18-16)9-14-8-11(2)6-7-12(14)3/h6-8,10,15,17H,5,9H2,1-4H3. The molecule has 2 rings (SSSR count). The van der Waals surface area contributed by atoms with Gasteiger partial charge in [-0.1, -0.05) is 30.7 Å². The molecule has 1 aromatic carbocycles. The molecule has 19 heavy (non-hydrogen) atoms. The van der Waals surface area contributed by atoms with Gasteiger partial charge in [-0.05, 0) is 44.9 Å². The fraction of sp³-hybridized carbons (Fsp3) is 0.438. The highest BCUT2D eigenvalue weighted by Gasteiger charge is 2.15. The topological polar surface area (TPSA) is 24.9 Å². The predicted molar refractivity (Wildman–Crippen MR) is 82.9 cm³/mol. The molecule has 3 heteroatoms. The van der Waals surface area contributed by atoms with Gasteiger partial charge in [0.2, 0.25) is 0 Å². The van der Waals surface area contributed by atoms with Gasteiger partial charge in [-0.3, -0.25) is 0 Å². The zero-order chi connectivity index (χ0) is 13.8. The van der Waals surface area contributed by atoms with Crippen LogP contribution in [0.25, 0.3) is 0 Å². The minimum atomic E-state index is 0.315. The first-order valence-electron chi connectivity index (χ1n) is 6.81. The fourth-order valence-corrected chi connectivity index (χ4v) is 2.97. The van der Waals surface area contributed by atoms with Crippen molar-refractivity contribution in [2.45, 2.75) is 40.2 Å². The van der Waals surface area contributed by atoms with Crippen LogP contribution >= 0.6 is 11.3 Å². The zero-order valence-electron chi connectivity index (χ0n) is 12.2. The van der Waals surface area contributed by atoms with Crippen molar-refractivity contribution in [3.05, 3.63) is 51.0 Å². The third-order valence-electron chi connectivity index (χ3n) is 3.37. The summed E-state index contributed by atoms with van der Waals surface area (Å²) < 4.78 is 0. The summed E-state index contributed by atoms with van der Waals surface area (Å²) in [4.78, 5) is 4.63. The molecule has 1 unspecified atom stereocenters. The van der Waals surface area contributed by atoms with Gasteiger partial charge in [0.1, 0.15) is 0 Å². The first-order valence-corrected chi connectivity index (χ1v) is 7.69. The fourth-order valence-electron chi connectivity index (χ4n) is 2.31. The highest BCUT2D eigenvalue weighted by molar-refractivity contribution is 7.09. The Labute approximate surface area is 119 Å². The van der Waals surface area contributed by atoms with Crippen LogP contribution in [-0.4, -0.2) is 11.5 Å². The lowest BCUT2D eigenvalue weighted by Gasteiger charge is -2.17. The van der Waals surface area contributed by atoms with Gasteiger partial charge < -0.3 is 5.32 Å². The van der Waals surface area contributed by atoms with Crippen LogP contribution in [0.5, 0.6) is 0 Å². The first-order chi connectivity index (χ1) is 9.10. The Kier molecular flexibility index (Phi) is 4.72. The Morgan fingerprint density at radius 3 is 2.68 bits per heavy atom. The summed E-state index contributed by atoms with van der Waals surface area (Å²) in [6, 6.07) is 6.99. The van der Waals surface area contributed by atoms with Crippen LogP contribution in [0.3, 0.4) is 0 Å². The number of likely N-dealkylation sites (N-methyl/N-ethyl adjacent to an activating group) is 1. The van der Waals surface area contributed by atoms with E-state index in [9.17, 15) is 0 Å². The van der Waals surface area contributed by atoms with E-state index in [2.05, 4.69) is 61.6 Å². The van der Waals surface area contributed by atoms with Crippen LogP contribution in [0.2, 0.25) is 0 Å². The molecule has 0 aliphatic rings. The summed E-state index contributed by atoms with van der Waals surface area (Å²) >= 11 is 1.73. The van der Waals surface area contributed by atoms with Crippen LogP contribution in [-0.2, 0) is 6.42 Å². The number of nitrogens with zero attached hydrogens (tertiary/aromatic N) is 1. The summed E-state index contributed by atoms with van der Waals surface area (Å²) in [5, 5.41) is 6.86. The highest BCUT2D eigenvalue weighted by atomic mass is 32.1. The number of aryl methyl sites for hydroxylation is 3. The molecular formula is C16H22N2S. The largest absolute Gasteiger partial charge is 0.309 e. The van der Waals surface area contributed by atoms with Gasteiger partial charge in [-0.15, -0.1) is 11.3 Å². The molecule has 0 fully saturated rings. The maximum Gasteiger partial charge on any atom is 0.0898 e. The first kappa shape index (κ1) is 14.2. The SMILES string of the molecule is CCNC(Cc1cc(C)ccc1C)c1csc(C)n1. The third kappa shape index (κ3) is 3.64. The van der Waals surface area contributed by atoms with Crippen molar-refractivity contribution in [3.8, 4) is 0 Å². The van der Waals surface area contributed by atoms with E-state index in [1.165, 1.54) is 22.4 Å². The lowest BCUT2D eigenvalue weighted by Crippen LogP contribution is -2.23. The van der Waals surface area contributed by atoms with Crippen LogP contribution < -0.4 is 5.32 Å². The van der Waals surface area contributed by atoms with Crippen LogP contribution in [0, 0.1) is 20.8 Å². The van der Waals surface area contributed by atoms with Crippen LogP contribution in [0.4, 0.5) is 0 Å². The second-order valence-corrected chi connectivity index (χ2v) is 6.10. The number of hydrogen-bond acceptors (Lipinski definition) is 3. The van der Waals surface area contributed by atoms with Crippen molar-refractivity contribution in [2.75, 3.05) is 6.54 Å². The molecule has 0 saturated carbocycles. The van der Waals surface area contributed by atoms with Crippen molar-refractivity contribution < 1.29 is 0 Å². The lowest BCUT2D eigenvalue weighted by molar-refractivity contribution is 0.537. The van der Waals surface area contributed by atoms with Crippen LogP contribution in [0.1, 0.15) is 40.4 Å². The molecular weight excluding hydrogens is 252 g/mol. The van der Waals surface area contributed by atoms with Gasteiger partial charge in [0, 0.05) is 5.38 Å². The molecule has 0 saturated heterocycles. The summed E-state index contributed by atoms with van der Waals surface area (Å²) in [5.41, 5.74) is 5.27. The number of hydrogen-bond donors (Lipinski definition) is 1. The third-order valence-corrected chi connectivity index (χ3v) is 4.16. The summed E-state index contributed by atoms with van der Waals surface area (Å²) in [6.07, 6.45) is 1.00. The second-order valence-electron chi connectivity index (χ2n) is 5.04. The molecule has 1 aromatic heterocycles. The van der Waals surface area contributed by atoms with E-state index in [0.29, 0.717) is 6.04 Å². The van der Waals surface area contributed by atoms with Crippen LogP contribution in [0.15, 0.2) is 23.6 Å². The monoisotopic (exact) mass is 274 g/mol. The Morgan fingerprint density at radius 2 is 2.05 bits per heavy atom. The minimum absolute atomic E-state index is 0.315. The van der Waals surface area contributed by atoms with E-state index >= 15 is 0 Å². The highest BCUT2D eigenvalue weighted by Crippen LogP contribution is 2.22. The van der Waals surface area contributed by atoms with Gasteiger partial charge in [-0.25, -0.2) is 4.98 Å². The number of rotatable bonds is 5.